The first-order valence-electron chi connectivity index (χ1n) is 14.6. The average molecular weight is 726 g/mol. The van der Waals surface area contributed by atoms with Gasteiger partial charge in [-0.05, 0) is 63.8 Å². The Bertz CT molecular complexity index is 1420. The summed E-state index contributed by atoms with van der Waals surface area (Å²) in [5.74, 6) is 0. The minimum Gasteiger partial charge on any atom is -0.394 e. The van der Waals surface area contributed by atoms with Crippen LogP contribution >= 0.6 is 19.4 Å². The molecule has 1 aliphatic heterocycles. The third-order valence-corrected chi connectivity index (χ3v) is 8.61. The zero-order valence-corrected chi connectivity index (χ0v) is 30.0. The van der Waals surface area contributed by atoms with Crippen molar-refractivity contribution in [2.75, 3.05) is 22.9 Å². The van der Waals surface area contributed by atoms with Crippen LogP contribution in [0.5, 0.6) is 0 Å². The Kier molecular flexibility index (Phi) is 15.4. The van der Waals surface area contributed by atoms with Crippen LogP contribution in [0.3, 0.4) is 0 Å². The van der Waals surface area contributed by atoms with E-state index in [9.17, 15) is 0 Å². The van der Waals surface area contributed by atoms with Gasteiger partial charge in [0.2, 0.25) is 0 Å². The number of benzene rings is 3. The molecule has 0 aliphatic carbocycles. The molecule has 2 aromatic heterocycles. The molecule has 0 unspecified atom stereocenters. The molecule has 1 aliphatic rings. The second kappa shape index (κ2) is 19.2. The molecule has 0 bridgehead atoms. The third-order valence-electron chi connectivity index (χ3n) is 6.73. The van der Waals surface area contributed by atoms with Crippen molar-refractivity contribution >= 4 is 35.4 Å². The van der Waals surface area contributed by atoms with Crippen molar-refractivity contribution in [3.63, 3.8) is 0 Å². The standard InChI is InChI=1S/C21H27N2.C7H6.2C5H4N.2ClH.Ru/c1-14-9-16(3)20(17(4)10-14)22-7-8-23(13-22)21-18(5)11-15(2)12-19(21)6;1-7-5-3-2-4-6-7;2*1-2-4-6-5-3-1;;;/h9-13H,7-8H2,1-6H3;1-6H;2*1-4H;2*1H;/q-1;;2*-1;;;+2/p-2. The Morgan fingerprint density at radius 1 is 0.644 bits per heavy atom. The average Bonchev–Trinajstić information content (AvgIpc) is 3.48. The maximum absolute atomic E-state index is 5.67. The number of rotatable bonds is 3. The summed E-state index contributed by atoms with van der Waals surface area (Å²) >= 11 is -1.61. The largest absolute Gasteiger partial charge is 0.394 e. The van der Waals surface area contributed by atoms with E-state index in [1.807, 2.05) is 59.2 Å². The van der Waals surface area contributed by atoms with E-state index in [0.717, 1.165) is 18.7 Å². The molecule has 5 aromatic rings. The normalized spacial score (nSPS) is 12.0. The maximum Gasteiger partial charge on any atom is -0.0813 e. The van der Waals surface area contributed by atoms with E-state index in [0.29, 0.717) is 0 Å². The van der Waals surface area contributed by atoms with E-state index in [1.54, 1.807) is 24.5 Å². The Hall–Kier alpha value is -3.37. The number of pyridine rings is 2. The first-order chi connectivity index (χ1) is 21.7. The van der Waals surface area contributed by atoms with Gasteiger partial charge >= 0.3 is 73.4 Å². The second-order valence-electron chi connectivity index (χ2n) is 10.6. The van der Waals surface area contributed by atoms with E-state index in [-0.39, 0.29) is 0 Å². The van der Waals surface area contributed by atoms with Crippen molar-refractivity contribution in [1.82, 2.24) is 9.97 Å². The van der Waals surface area contributed by atoms with Crippen LogP contribution < -0.4 is 9.80 Å². The van der Waals surface area contributed by atoms with E-state index < -0.39 is 13.5 Å². The first-order valence-corrected chi connectivity index (χ1v) is 20.1. The van der Waals surface area contributed by atoms with Gasteiger partial charge in [0.1, 0.15) is 0 Å². The van der Waals surface area contributed by atoms with Gasteiger partial charge in [0.05, 0.1) is 0 Å². The Morgan fingerprint density at radius 2 is 1.07 bits per heavy atom. The first kappa shape index (κ1) is 36.1. The third kappa shape index (κ3) is 12.5. The molecular weight excluding hydrogens is 684 g/mol. The molecule has 45 heavy (non-hydrogen) atoms. The molecule has 0 atom stereocenters. The molecule has 0 amide bonds. The maximum atomic E-state index is 5.67. The van der Waals surface area contributed by atoms with Crippen LogP contribution in [-0.4, -0.2) is 27.7 Å². The number of hydrogen-bond donors (Lipinski definition) is 0. The molecule has 3 heterocycles. The summed E-state index contributed by atoms with van der Waals surface area (Å²) in [4.78, 5) is 12.1. The SMILES string of the molecule is Cc1cc(C)c(N2[CH-]N(c3c(C)cc(C)cc3C)CC2)c(C)c1.[Cl][Ru]([Cl])=[CH]c1ccccc1.[c-]1ccccn1.[c-]1ccccn1. The van der Waals surface area contributed by atoms with Crippen LogP contribution in [0.1, 0.15) is 38.9 Å². The number of hydrogen-bond acceptors (Lipinski definition) is 4. The second-order valence-corrected chi connectivity index (χ2v) is 16.4. The molecule has 238 valence electrons. The molecule has 4 nitrogen and oxygen atoms in total. The summed E-state index contributed by atoms with van der Waals surface area (Å²) in [7, 11) is 11.3. The molecule has 0 saturated carbocycles. The van der Waals surface area contributed by atoms with E-state index in [4.69, 9.17) is 19.4 Å². The van der Waals surface area contributed by atoms with Crippen molar-refractivity contribution in [3.05, 3.63) is 161 Å². The molecule has 1 saturated heterocycles. The number of nitrogens with zero attached hydrogens (tertiary/aromatic N) is 4. The van der Waals surface area contributed by atoms with Crippen LogP contribution in [0.2, 0.25) is 0 Å². The number of anilines is 2. The molecule has 0 radical (unpaired) electrons. The summed E-state index contributed by atoms with van der Waals surface area (Å²) in [5, 5.41) is 0. The van der Waals surface area contributed by atoms with Gasteiger partial charge in [0, 0.05) is 24.5 Å². The molecule has 1 fully saturated rings. The molecule has 0 spiro atoms. The summed E-state index contributed by atoms with van der Waals surface area (Å²) in [6, 6.07) is 30.0. The van der Waals surface area contributed by atoms with E-state index in [2.05, 4.69) is 105 Å². The van der Waals surface area contributed by atoms with Crippen LogP contribution in [0.25, 0.3) is 0 Å². The number of aryl methyl sites for hydroxylation is 6. The smallest absolute Gasteiger partial charge is 0.0813 e. The molecule has 6 rings (SSSR count). The Labute approximate surface area is 283 Å². The van der Waals surface area contributed by atoms with Gasteiger partial charge in [-0.15, -0.1) is 0 Å². The summed E-state index contributed by atoms with van der Waals surface area (Å²) in [6.45, 7) is 17.6. The summed E-state index contributed by atoms with van der Waals surface area (Å²) < 4.78 is 1.92. The van der Waals surface area contributed by atoms with Gasteiger partial charge in [-0.1, -0.05) is 60.2 Å². The predicted molar refractivity (Wildman–Crippen MR) is 190 cm³/mol. The van der Waals surface area contributed by atoms with Crippen molar-refractivity contribution < 1.29 is 13.5 Å². The fraction of sp³-hybridized carbons (Fsp3) is 0.211. The molecule has 0 N–H and O–H groups in total. The fourth-order valence-electron chi connectivity index (χ4n) is 5.25. The monoisotopic (exact) mass is 725 g/mol. The van der Waals surface area contributed by atoms with Crippen LogP contribution in [-0.2, 0) is 13.5 Å². The minimum atomic E-state index is -1.61. The van der Waals surface area contributed by atoms with Crippen molar-refractivity contribution in [3.8, 4) is 0 Å². The van der Waals surface area contributed by atoms with Gasteiger partial charge in [0.25, 0.3) is 0 Å². The molecule has 7 heteroatoms. The minimum absolute atomic E-state index is 1.04. The summed E-state index contributed by atoms with van der Waals surface area (Å²) in [5.41, 5.74) is 12.0. The van der Waals surface area contributed by atoms with Gasteiger partial charge in [-0.25, -0.2) is 0 Å². The predicted octanol–water partition coefficient (Wildman–Crippen LogP) is 9.51. The van der Waals surface area contributed by atoms with Crippen LogP contribution in [0.15, 0.2) is 103 Å². The number of halogens is 2. The van der Waals surface area contributed by atoms with Gasteiger partial charge in [0.15, 0.2) is 0 Å². The van der Waals surface area contributed by atoms with E-state index >= 15 is 0 Å². The Morgan fingerprint density at radius 3 is 1.36 bits per heavy atom. The van der Waals surface area contributed by atoms with Crippen LogP contribution in [0.4, 0.5) is 11.4 Å². The van der Waals surface area contributed by atoms with Gasteiger partial charge in [-0.3, -0.25) is 0 Å². The van der Waals surface area contributed by atoms with Crippen molar-refractivity contribution in [2.24, 2.45) is 0 Å². The van der Waals surface area contributed by atoms with Gasteiger partial charge in [-0.2, -0.15) is 43.1 Å². The van der Waals surface area contributed by atoms with Crippen LogP contribution in [0, 0.1) is 60.6 Å². The molecular formula is C38H41Cl2N4Ru-3. The van der Waals surface area contributed by atoms with E-state index in [1.165, 1.54) is 44.8 Å². The fourth-order valence-corrected chi connectivity index (χ4v) is 7.08. The zero-order chi connectivity index (χ0) is 32.6. The zero-order valence-electron chi connectivity index (χ0n) is 26.8. The molecule has 3 aromatic carbocycles. The van der Waals surface area contributed by atoms with Gasteiger partial charge < -0.3 is 19.8 Å². The summed E-state index contributed by atoms with van der Waals surface area (Å²) in [6.07, 6.45) is 8.67. The Balaban J connectivity index is 0.000000203. The van der Waals surface area contributed by atoms with Crippen molar-refractivity contribution in [1.29, 1.82) is 0 Å². The number of aromatic nitrogens is 2. The quantitative estimate of drug-likeness (QED) is 0.137. The topological polar surface area (TPSA) is 32.3 Å². The van der Waals surface area contributed by atoms with Crippen molar-refractivity contribution in [2.45, 2.75) is 41.5 Å².